The molecule has 0 aliphatic carbocycles. The fourth-order valence-corrected chi connectivity index (χ4v) is 2.63. The van der Waals surface area contributed by atoms with Crippen molar-refractivity contribution in [3.8, 4) is 5.75 Å². The summed E-state index contributed by atoms with van der Waals surface area (Å²) in [5.74, 6) is 1.84. The van der Waals surface area contributed by atoms with Gasteiger partial charge in [-0.3, -0.25) is 0 Å². The van der Waals surface area contributed by atoms with Gasteiger partial charge < -0.3 is 10.5 Å². The van der Waals surface area contributed by atoms with Crippen LogP contribution in [0.2, 0.25) is 0 Å². The Hall–Kier alpha value is -1.61. The molecule has 0 aliphatic rings. The summed E-state index contributed by atoms with van der Waals surface area (Å²) in [6.07, 6.45) is 0. The van der Waals surface area contributed by atoms with Crippen LogP contribution in [0.15, 0.2) is 47.4 Å². The van der Waals surface area contributed by atoms with Crippen LogP contribution < -0.4 is 10.5 Å². The second kappa shape index (κ2) is 6.53. The number of nitrogens with two attached hydrogens (primary N) is 1. The van der Waals surface area contributed by atoms with Crippen molar-refractivity contribution in [2.24, 2.45) is 0 Å². The molecule has 0 spiro atoms. The zero-order valence-corrected chi connectivity index (χ0v) is 12.2. The number of rotatable bonds is 5. The van der Waals surface area contributed by atoms with E-state index in [9.17, 15) is 0 Å². The summed E-state index contributed by atoms with van der Waals surface area (Å²) < 4.78 is 5.70. The monoisotopic (exact) mass is 273 g/mol. The summed E-state index contributed by atoms with van der Waals surface area (Å²) in [6.45, 7) is 4.82. The maximum absolute atomic E-state index is 5.89. The molecule has 0 amide bonds. The molecule has 3 heteroatoms. The zero-order chi connectivity index (χ0) is 13.7. The van der Waals surface area contributed by atoms with Gasteiger partial charge in [-0.05, 0) is 43.7 Å². The minimum absolute atomic E-state index is 0.696. The van der Waals surface area contributed by atoms with Crippen molar-refractivity contribution in [3.05, 3.63) is 53.6 Å². The van der Waals surface area contributed by atoms with Crippen LogP contribution in [0.25, 0.3) is 0 Å². The predicted octanol–water partition coefficient (Wildman–Crippen LogP) is 4.06. The van der Waals surface area contributed by atoms with Gasteiger partial charge in [-0.25, -0.2) is 0 Å². The van der Waals surface area contributed by atoms with Gasteiger partial charge in [0.05, 0.1) is 6.61 Å². The number of hydrogen-bond donors (Lipinski definition) is 1. The first-order chi connectivity index (χ1) is 9.16. The average molecular weight is 273 g/mol. The molecule has 0 bridgehead atoms. The highest BCUT2D eigenvalue weighted by atomic mass is 32.2. The number of hydrogen-bond acceptors (Lipinski definition) is 3. The third-order valence-electron chi connectivity index (χ3n) is 2.96. The molecule has 0 heterocycles. The molecule has 0 fully saturated rings. The van der Waals surface area contributed by atoms with Gasteiger partial charge in [0.2, 0.25) is 0 Å². The minimum Gasteiger partial charge on any atom is -0.493 e. The van der Waals surface area contributed by atoms with Crippen LogP contribution in [-0.4, -0.2) is 12.4 Å². The Morgan fingerprint density at radius 1 is 1.05 bits per heavy atom. The van der Waals surface area contributed by atoms with Crippen LogP contribution in [0, 0.1) is 13.8 Å². The van der Waals surface area contributed by atoms with Gasteiger partial charge in [0, 0.05) is 16.3 Å². The highest BCUT2D eigenvalue weighted by molar-refractivity contribution is 7.99. The Bertz CT molecular complexity index is 537. The van der Waals surface area contributed by atoms with Crippen LogP contribution in [0.1, 0.15) is 11.1 Å². The summed E-state index contributed by atoms with van der Waals surface area (Å²) in [6, 6.07) is 14.2. The number of benzene rings is 2. The van der Waals surface area contributed by atoms with Gasteiger partial charge in [-0.1, -0.05) is 23.8 Å². The van der Waals surface area contributed by atoms with Gasteiger partial charge in [0.15, 0.2) is 0 Å². The minimum atomic E-state index is 0.696. The smallest absolute Gasteiger partial charge is 0.119 e. The third-order valence-corrected chi connectivity index (χ3v) is 4.08. The Morgan fingerprint density at radius 3 is 2.53 bits per heavy atom. The Morgan fingerprint density at radius 2 is 1.79 bits per heavy atom. The molecule has 0 aromatic heterocycles. The van der Waals surface area contributed by atoms with E-state index in [2.05, 4.69) is 32.0 Å². The zero-order valence-electron chi connectivity index (χ0n) is 11.3. The van der Waals surface area contributed by atoms with Crippen LogP contribution in [0.3, 0.4) is 0 Å². The molecule has 2 nitrogen and oxygen atoms in total. The topological polar surface area (TPSA) is 35.2 Å². The largest absolute Gasteiger partial charge is 0.493 e. The van der Waals surface area contributed by atoms with E-state index in [4.69, 9.17) is 10.5 Å². The molecule has 2 N–H and O–H groups in total. The first kappa shape index (κ1) is 13.8. The van der Waals surface area contributed by atoms with E-state index in [-0.39, 0.29) is 0 Å². The lowest BCUT2D eigenvalue weighted by atomic mass is 10.2. The van der Waals surface area contributed by atoms with Crippen molar-refractivity contribution in [3.63, 3.8) is 0 Å². The molecule has 0 unspecified atom stereocenters. The van der Waals surface area contributed by atoms with Crippen LogP contribution >= 0.6 is 11.8 Å². The molecule has 2 aromatic rings. The van der Waals surface area contributed by atoms with Gasteiger partial charge in [-0.15, -0.1) is 11.8 Å². The predicted molar refractivity (Wildman–Crippen MR) is 83.0 cm³/mol. The summed E-state index contributed by atoms with van der Waals surface area (Å²) in [7, 11) is 0. The van der Waals surface area contributed by atoms with Crippen molar-refractivity contribution in [1.82, 2.24) is 0 Å². The molecule has 0 aliphatic heterocycles. The molecule has 0 radical (unpaired) electrons. The molecular weight excluding hydrogens is 254 g/mol. The van der Waals surface area contributed by atoms with Crippen molar-refractivity contribution < 1.29 is 4.74 Å². The maximum Gasteiger partial charge on any atom is 0.119 e. The van der Waals surface area contributed by atoms with E-state index in [0.29, 0.717) is 6.61 Å². The molecule has 19 heavy (non-hydrogen) atoms. The SMILES string of the molecule is Cc1ccc(OCCSc2cccc(N)c2C)cc1. The molecule has 0 atom stereocenters. The second-order valence-corrected chi connectivity index (χ2v) is 5.62. The maximum atomic E-state index is 5.89. The van der Waals surface area contributed by atoms with Crippen LogP contribution in [0.5, 0.6) is 5.75 Å². The molecule has 2 aromatic carbocycles. The summed E-state index contributed by atoms with van der Waals surface area (Å²) in [5, 5.41) is 0. The van der Waals surface area contributed by atoms with Crippen molar-refractivity contribution >= 4 is 17.4 Å². The van der Waals surface area contributed by atoms with E-state index < -0.39 is 0 Å². The Labute approximate surface area is 119 Å². The highest BCUT2D eigenvalue weighted by Gasteiger charge is 2.02. The quantitative estimate of drug-likeness (QED) is 0.507. The summed E-state index contributed by atoms with van der Waals surface area (Å²) >= 11 is 1.78. The first-order valence-corrected chi connectivity index (χ1v) is 7.33. The normalized spacial score (nSPS) is 10.4. The fourth-order valence-electron chi connectivity index (χ4n) is 1.73. The van der Waals surface area contributed by atoms with Crippen LogP contribution in [-0.2, 0) is 0 Å². The number of anilines is 1. The lowest BCUT2D eigenvalue weighted by molar-refractivity contribution is 0.344. The van der Waals surface area contributed by atoms with Gasteiger partial charge >= 0.3 is 0 Å². The lowest BCUT2D eigenvalue weighted by Crippen LogP contribution is -2.00. The number of thioether (sulfide) groups is 1. The number of aryl methyl sites for hydroxylation is 1. The Balaban J connectivity index is 1.81. The average Bonchev–Trinajstić information content (AvgIpc) is 2.41. The first-order valence-electron chi connectivity index (χ1n) is 6.34. The van der Waals surface area contributed by atoms with Crippen molar-refractivity contribution in [2.45, 2.75) is 18.7 Å². The summed E-state index contributed by atoms with van der Waals surface area (Å²) in [5.41, 5.74) is 9.14. The molecular formula is C16H19NOS. The van der Waals surface area contributed by atoms with E-state index in [1.165, 1.54) is 10.5 Å². The van der Waals surface area contributed by atoms with Crippen molar-refractivity contribution in [1.29, 1.82) is 0 Å². The second-order valence-electron chi connectivity index (χ2n) is 4.48. The molecule has 0 saturated carbocycles. The lowest BCUT2D eigenvalue weighted by Gasteiger charge is -2.09. The van der Waals surface area contributed by atoms with E-state index >= 15 is 0 Å². The van der Waals surface area contributed by atoms with E-state index in [1.54, 1.807) is 11.8 Å². The molecule has 0 saturated heterocycles. The van der Waals surface area contributed by atoms with Crippen LogP contribution in [0.4, 0.5) is 5.69 Å². The highest BCUT2D eigenvalue weighted by Crippen LogP contribution is 2.26. The third kappa shape index (κ3) is 3.93. The number of ether oxygens (including phenoxy) is 1. The van der Waals surface area contributed by atoms with Gasteiger partial charge in [-0.2, -0.15) is 0 Å². The van der Waals surface area contributed by atoms with Gasteiger partial charge in [0.25, 0.3) is 0 Å². The Kier molecular flexibility index (Phi) is 4.74. The standard InChI is InChI=1S/C16H19NOS/c1-12-6-8-14(9-7-12)18-10-11-19-16-5-3-4-15(17)13(16)2/h3-9H,10-11,17H2,1-2H3. The van der Waals surface area contributed by atoms with Crippen molar-refractivity contribution in [2.75, 3.05) is 18.1 Å². The van der Waals surface area contributed by atoms with E-state index in [0.717, 1.165) is 22.8 Å². The fraction of sp³-hybridized carbons (Fsp3) is 0.250. The van der Waals surface area contributed by atoms with E-state index in [1.807, 2.05) is 24.3 Å². The summed E-state index contributed by atoms with van der Waals surface area (Å²) in [4.78, 5) is 1.23. The molecule has 2 rings (SSSR count). The molecule has 100 valence electrons. The number of nitrogen functional groups attached to an aromatic ring is 1. The van der Waals surface area contributed by atoms with Gasteiger partial charge in [0.1, 0.15) is 5.75 Å².